The number of nitrogens with zero attached hydrogens (tertiary/aromatic N) is 2. The van der Waals surface area contributed by atoms with Crippen LogP contribution in [0.25, 0.3) is 0 Å². The Morgan fingerprint density at radius 3 is 2.68 bits per heavy atom. The van der Waals surface area contributed by atoms with E-state index in [-0.39, 0.29) is 12.4 Å². The monoisotopic (exact) mass is 334 g/mol. The third-order valence-electron chi connectivity index (χ3n) is 3.86. The average Bonchev–Trinajstić information content (AvgIpc) is 2.88. The van der Waals surface area contributed by atoms with Gasteiger partial charge >= 0.3 is 5.82 Å². The van der Waals surface area contributed by atoms with Crippen LogP contribution in [0.3, 0.4) is 0 Å². The van der Waals surface area contributed by atoms with E-state index in [1.54, 1.807) is 0 Å². The first-order chi connectivity index (χ1) is 10.2. The van der Waals surface area contributed by atoms with Gasteiger partial charge in [0.25, 0.3) is 10.1 Å². The maximum Gasteiger partial charge on any atom is 0.323 e. The maximum atomic E-state index is 11.0. The van der Waals surface area contributed by atoms with E-state index in [0.717, 1.165) is 6.26 Å². The molecule has 0 amide bonds. The molecule has 1 aromatic rings. The van der Waals surface area contributed by atoms with E-state index in [1.165, 1.54) is 22.9 Å². The molecule has 1 saturated carbocycles. The van der Waals surface area contributed by atoms with Crippen molar-refractivity contribution in [2.45, 2.75) is 31.1 Å². The third-order valence-corrected chi connectivity index (χ3v) is 4.42. The fourth-order valence-electron chi connectivity index (χ4n) is 2.75. The third kappa shape index (κ3) is 3.64. The Hall–Kier alpha value is -1.49. The molecule has 0 aliphatic heterocycles. The molecule has 1 aliphatic rings. The van der Waals surface area contributed by atoms with E-state index >= 15 is 0 Å². The van der Waals surface area contributed by atoms with Crippen LogP contribution in [0.5, 0.6) is 0 Å². The lowest BCUT2D eigenvalue weighted by atomic mass is 9.81. The lowest BCUT2D eigenvalue weighted by Gasteiger charge is -2.35. The van der Waals surface area contributed by atoms with Crippen molar-refractivity contribution in [1.29, 1.82) is 0 Å². The smallest absolute Gasteiger partial charge is 0.323 e. The molecule has 1 aliphatic carbocycles. The van der Waals surface area contributed by atoms with Gasteiger partial charge in [-0.1, -0.05) is 0 Å². The average molecular weight is 334 g/mol. The highest BCUT2D eigenvalue weighted by molar-refractivity contribution is 7.85. The molecule has 2 rings (SSSR count). The molecule has 0 aromatic carbocycles. The SMILES string of the molecule is CS(=O)(=O)OCC1CCC(n2cccc2[N+](=O)[O-])C(O)C1O. The van der Waals surface area contributed by atoms with E-state index in [9.17, 15) is 28.7 Å². The Labute approximate surface area is 127 Å². The van der Waals surface area contributed by atoms with Crippen LogP contribution in [-0.2, 0) is 14.3 Å². The molecule has 0 saturated heterocycles. The fraction of sp³-hybridized carbons (Fsp3) is 0.667. The summed E-state index contributed by atoms with van der Waals surface area (Å²) in [5.74, 6) is -0.710. The van der Waals surface area contributed by atoms with Gasteiger partial charge in [0.2, 0.25) is 0 Å². The summed E-state index contributed by atoms with van der Waals surface area (Å²) in [6, 6.07) is 2.17. The van der Waals surface area contributed by atoms with Crippen molar-refractivity contribution in [3.8, 4) is 0 Å². The van der Waals surface area contributed by atoms with Crippen LogP contribution in [0.2, 0.25) is 0 Å². The highest BCUT2D eigenvalue weighted by Gasteiger charge is 2.42. The highest BCUT2D eigenvalue weighted by Crippen LogP contribution is 2.35. The van der Waals surface area contributed by atoms with Crippen LogP contribution in [0.15, 0.2) is 18.3 Å². The van der Waals surface area contributed by atoms with Crippen LogP contribution in [0, 0.1) is 16.0 Å². The van der Waals surface area contributed by atoms with Crippen LogP contribution >= 0.6 is 0 Å². The van der Waals surface area contributed by atoms with Crippen molar-refractivity contribution >= 4 is 15.9 Å². The molecule has 1 fully saturated rings. The number of nitro groups is 1. The van der Waals surface area contributed by atoms with Gasteiger partial charge in [-0.2, -0.15) is 8.42 Å². The Morgan fingerprint density at radius 1 is 1.41 bits per heavy atom. The maximum absolute atomic E-state index is 11.0. The number of rotatable bonds is 5. The van der Waals surface area contributed by atoms with E-state index in [1.807, 2.05) is 0 Å². The summed E-state index contributed by atoms with van der Waals surface area (Å²) in [4.78, 5) is 10.4. The van der Waals surface area contributed by atoms with Crippen LogP contribution in [0.4, 0.5) is 5.82 Å². The first kappa shape index (κ1) is 16.9. The van der Waals surface area contributed by atoms with Gasteiger partial charge in [0.15, 0.2) is 0 Å². The summed E-state index contributed by atoms with van der Waals surface area (Å²) in [5.41, 5.74) is 0. The molecule has 0 spiro atoms. The number of hydrogen-bond donors (Lipinski definition) is 2. The molecule has 9 nitrogen and oxygen atoms in total. The number of aromatic nitrogens is 1. The van der Waals surface area contributed by atoms with E-state index in [4.69, 9.17) is 0 Å². The number of aliphatic hydroxyl groups excluding tert-OH is 2. The molecule has 0 radical (unpaired) electrons. The topological polar surface area (TPSA) is 132 Å². The Balaban J connectivity index is 2.10. The van der Waals surface area contributed by atoms with Crippen molar-refractivity contribution in [1.82, 2.24) is 4.57 Å². The lowest BCUT2D eigenvalue weighted by molar-refractivity contribution is -0.393. The highest BCUT2D eigenvalue weighted by atomic mass is 32.2. The van der Waals surface area contributed by atoms with Crippen molar-refractivity contribution in [2.24, 2.45) is 5.92 Å². The zero-order valence-corrected chi connectivity index (χ0v) is 12.7. The van der Waals surface area contributed by atoms with E-state index in [0.29, 0.717) is 12.8 Å². The Bertz CT molecular complexity index is 642. The summed E-state index contributed by atoms with van der Waals surface area (Å²) < 4.78 is 28.0. The number of hydrogen-bond acceptors (Lipinski definition) is 7. The Kier molecular flexibility index (Phi) is 4.85. The van der Waals surface area contributed by atoms with Gasteiger partial charge in [-0.05, 0) is 23.8 Å². The normalized spacial score (nSPS) is 29.4. The van der Waals surface area contributed by atoms with Gasteiger partial charge in [0.05, 0.1) is 25.2 Å². The second-order valence-corrected chi connectivity index (χ2v) is 7.05. The predicted octanol–water partition coefficient (Wildman–Crippen LogP) is 0.0454. The van der Waals surface area contributed by atoms with E-state index < -0.39 is 39.2 Å². The molecule has 10 heteroatoms. The minimum atomic E-state index is -3.63. The van der Waals surface area contributed by atoms with E-state index in [2.05, 4.69) is 4.18 Å². The Morgan fingerprint density at radius 2 is 2.09 bits per heavy atom. The molecule has 2 N–H and O–H groups in total. The molecular formula is C12H18N2O7S. The standard InChI is InChI=1S/C12H18N2O7S/c1-22(19,20)21-7-8-4-5-9(12(16)11(8)15)13-6-2-3-10(13)14(17)18/h2-3,6,8-9,11-12,15-16H,4-5,7H2,1H3. The minimum Gasteiger partial charge on any atom is -0.390 e. The zero-order chi connectivity index (χ0) is 16.5. The second kappa shape index (κ2) is 6.32. The van der Waals surface area contributed by atoms with Crippen molar-refractivity contribution in [3.63, 3.8) is 0 Å². The predicted molar refractivity (Wildman–Crippen MR) is 75.7 cm³/mol. The molecule has 1 aromatic heterocycles. The van der Waals surface area contributed by atoms with Gasteiger partial charge < -0.3 is 20.3 Å². The van der Waals surface area contributed by atoms with Crippen molar-refractivity contribution in [3.05, 3.63) is 28.4 Å². The largest absolute Gasteiger partial charge is 0.390 e. The summed E-state index contributed by atoms with van der Waals surface area (Å²) in [7, 11) is -3.63. The van der Waals surface area contributed by atoms with Gasteiger partial charge in [0.1, 0.15) is 12.1 Å². The van der Waals surface area contributed by atoms with Crippen molar-refractivity contribution in [2.75, 3.05) is 12.9 Å². The van der Waals surface area contributed by atoms with Crippen LogP contribution in [0.1, 0.15) is 18.9 Å². The molecule has 1 heterocycles. The number of aliphatic hydroxyl groups is 2. The second-order valence-electron chi connectivity index (χ2n) is 5.41. The van der Waals surface area contributed by atoms with Gasteiger partial charge in [0, 0.05) is 12.0 Å². The quantitative estimate of drug-likeness (QED) is 0.441. The summed E-state index contributed by atoms with van der Waals surface area (Å²) in [5, 5.41) is 31.3. The fourth-order valence-corrected chi connectivity index (χ4v) is 3.17. The lowest BCUT2D eigenvalue weighted by Crippen LogP contribution is -2.45. The first-order valence-corrected chi connectivity index (χ1v) is 8.54. The van der Waals surface area contributed by atoms with Crippen LogP contribution < -0.4 is 0 Å². The van der Waals surface area contributed by atoms with Gasteiger partial charge in [-0.25, -0.2) is 4.57 Å². The first-order valence-electron chi connectivity index (χ1n) is 6.72. The minimum absolute atomic E-state index is 0.165. The summed E-state index contributed by atoms with van der Waals surface area (Å²) in [6.45, 7) is -0.225. The van der Waals surface area contributed by atoms with Gasteiger partial charge in [-0.3, -0.25) is 4.18 Å². The van der Waals surface area contributed by atoms with Crippen LogP contribution in [-0.4, -0.2) is 53.2 Å². The van der Waals surface area contributed by atoms with Crippen molar-refractivity contribution < 1.29 is 27.7 Å². The molecule has 4 unspecified atom stereocenters. The molecule has 124 valence electrons. The summed E-state index contributed by atoms with van der Waals surface area (Å²) in [6.07, 6.45) is 0.672. The molecule has 22 heavy (non-hydrogen) atoms. The molecule has 0 bridgehead atoms. The zero-order valence-electron chi connectivity index (χ0n) is 11.9. The molecule has 4 atom stereocenters. The summed E-state index contributed by atoms with van der Waals surface area (Å²) >= 11 is 0. The van der Waals surface area contributed by atoms with Gasteiger partial charge in [-0.15, -0.1) is 0 Å². The molecular weight excluding hydrogens is 316 g/mol.